The summed E-state index contributed by atoms with van der Waals surface area (Å²) in [5.74, 6) is 1.19. The average Bonchev–Trinajstić information content (AvgIpc) is 2.34. The van der Waals surface area contributed by atoms with E-state index in [0.717, 1.165) is 4.47 Å². The first-order chi connectivity index (χ1) is 8.60. The van der Waals surface area contributed by atoms with Gasteiger partial charge in [-0.05, 0) is 52.3 Å². The van der Waals surface area contributed by atoms with E-state index in [9.17, 15) is 0 Å². The fourth-order valence-electron chi connectivity index (χ4n) is 1.38. The molecule has 18 heavy (non-hydrogen) atoms. The second-order valence-electron chi connectivity index (χ2n) is 3.54. The van der Waals surface area contributed by atoms with Crippen LogP contribution in [0, 0.1) is 11.3 Å². The van der Waals surface area contributed by atoms with Crippen LogP contribution in [0.25, 0.3) is 0 Å². The SMILES string of the molecule is N#Cc1ccc(Oc2ccc(Br)cc2N)c(Br)c1. The van der Waals surface area contributed by atoms with Crippen molar-refractivity contribution in [2.75, 3.05) is 5.73 Å². The molecule has 0 spiro atoms. The molecule has 0 heterocycles. The molecular formula is C13H8Br2N2O. The maximum atomic E-state index is 8.78. The molecule has 0 aromatic heterocycles. The van der Waals surface area contributed by atoms with E-state index in [0.29, 0.717) is 27.2 Å². The molecule has 2 aromatic rings. The van der Waals surface area contributed by atoms with E-state index in [1.807, 2.05) is 6.07 Å². The Morgan fingerprint density at radius 3 is 2.39 bits per heavy atom. The summed E-state index contributed by atoms with van der Waals surface area (Å²) in [6.45, 7) is 0. The van der Waals surface area contributed by atoms with Crippen molar-refractivity contribution in [3.05, 3.63) is 50.9 Å². The van der Waals surface area contributed by atoms with Crippen molar-refractivity contribution in [2.45, 2.75) is 0 Å². The summed E-state index contributed by atoms with van der Waals surface area (Å²) in [5.41, 5.74) is 6.96. The van der Waals surface area contributed by atoms with Crippen LogP contribution in [-0.2, 0) is 0 Å². The van der Waals surface area contributed by atoms with Crippen molar-refractivity contribution in [1.82, 2.24) is 0 Å². The molecule has 0 bridgehead atoms. The normalized spacial score (nSPS) is 9.83. The second kappa shape index (κ2) is 5.42. The zero-order valence-corrected chi connectivity index (χ0v) is 12.3. The monoisotopic (exact) mass is 366 g/mol. The summed E-state index contributed by atoms with van der Waals surface area (Å²) >= 11 is 6.69. The lowest BCUT2D eigenvalue weighted by molar-refractivity contribution is 0.482. The maximum absolute atomic E-state index is 8.78. The van der Waals surface area contributed by atoms with Crippen molar-refractivity contribution in [1.29, 1.82) is 5.26 Å². The van der Waals surface area contributed by atoms with Gasteiger partial charge < -0.3 is 10.5 Å². The molecule has 90 valence electrons. The van der Waals surface area contributed by atoms with E-state index >= 15 is 0 Å². The first-order valence-electron chi connectivity index (χ1n) is 5.02. The van der Waals surface area contributed by atoms with Crippen LogP contribution < -0.4 is 10.5 Å². The van der Waals surface area contributed by atoms with Crippen LogP contribution in [0.15, 0.2) is 45.3 Å². The molecule has 0 amide bonds. The number of hydrogen-bond acceptors (Lipinski definition) is 3. The van der Waals surface area contributed by atoms with Crippen LogP contribution in [0.2, 0.25) is 0 Å². The first kappa shape index (κ1) is 12.9. The molecule has 0 radical (unpaired) electrons. The molecule has 0 saturated heterocycles. The summed E-state index contributed by atoms with van der Waals surface area (Å²) in [7, 11) is 0. The molecule has 0 aliphatic rings. The second-order valence-corrected chi connectivity index (χ2v) is 5.31. The molecule has 5 heteroatoms. The number of ether oxygens (including phenoxy) is 1. The molecule has 0 aliphatic heterocycles. The molecule has 3 nitrogen and oxygen atoms in total. The zero-order chi connectivity index (χ0) is 13.1. The Labute approximate surface area is 121 Å². The van der Waals surface area contributed by atoms with Crippen LogP contribution in [0.1, 0.15) is 5.56 Å². The number of hydrogen-bond donors (Lipinski definition) is 1. The third-order valence-electron chi connectivity index (χ3n) is 2.25. The van der Waals surface area contributed by atoms with Crippen molar-refractivity contribution in [3.63, 3.8) is 0 Å². The van der Waals surface area contributed by atoms with E-state index in [2.05, 4.69) is 37.9 Å². The summed E-state index contributed by atoms with van der Waals surface area (Å²) < 4.78 is 7.30. The van der Waals surface area contributed by atoms with Crippen LogP contribution in [0.5, 0.6) is 11.5 Å². The summed E-state index contributed by atoms with van der Waals surface area (Å²) in [6.07, 6.45) is 0. The largest absolute Gasteiger partial charge is 0.454 e. The van der Waals surface area contributed by atoms with Gasteiger partial charge in [0.05, 0.1) is 21.8 Å². The molecule has 0 atom stereocenters. The van der Waals surface area contributed by atoms with Gasteiger partial charge in [-0.2, -0.15) is 5.26 Å². The first-order valence-corrected chi connectivity index (χ1v) is 6.61. The van der Waals surface area contributed by atoms with E-state index in [4.69, 9.17) is 15.7 Å². The Morgan fingerprint density at radius 1 is 1.06 bits per heavy atom. The van der Waals surface area contributed by atoms with Crippen molar-refractivity contribution < 1.29 is 4.74 Å². The van der Waals surface area contributed by atoms with E-state index in [1.165, 1.54) is 0 Å². The number of benzene rings is 2. The third-order valence-corrected chi connectivity index (χ3v) is 3.37. The van der Waals surface area contributed by atoms with Gasteiger partial charge >= 0.3 is 0 Å². The standard InChI is InChI=1S/C13H8Br2N2O/c14-9-2-4-13(11(17)6-9)18-12-3-1-8(7-16)5-10(12)15/h1-6H,17H2. The summed E-state index contributed by atoms with van der Waals surface area (Å²) in [6, 6.07) is 12.6. The zero-order valence-electron chi connectivity index (χ0n) is 9.15. The number of nitrogen functional groups attached to an aromatic ring is 1. The number of halogens is 2. The molecule has 2 rings (SSSR count). The lowest BCUT2D eigenvalue weighted by Crippen LogP contribution is -1.92. The highest BCUT2D eigenvalue weighted by molar-refractivity contribution is 9.10. The number of rotatable bonds is 2. The predicted molar refractivity (Wildman–Crippen MR) is 77.5 cm³/mol. The molecule has 2 aromatic carbocycles. The Bertz CT molecular complexity index is 635. The highest BCUT2D eigenvalue weighted by Gasteiger charge is 2.07. The Kier molecular flexibility index (Phi) is 3.90. The molecule has 0 unspecified atom stereocenters. The van der Waals surface area contributed by atoms with Gasteiger partial charge in [0, 0.05) is 4.47 Å². The van der Waals surface area contributed by atoms with Crippen LogP contribution in [0.3, 0.4) is 0 Å². The molecule has 0 aliphatic carbocycles. The van der Waals surface area contributed by atoms with Gasteiger partial charge in [-0.15, -0.1) is 0 Å². The third kappa shape index (κ3) is 2.84. The van der Waals surface area contributed by atoms with Crippen molar-refractivity contribution in [3.8, 4) is 17.6 Å². The number of nitrogens with two attached hydrogens (primary N) is 1. The van der Waals surface area contributed by atoms with Gasteiger partial charge in [0.25, 0.3) is 0 Å². The topological polar surface area (TPSA) is 59.0 Å². The minimum absolute atomic E-state index is 0.542. The molecule has 2 N–H and O–H groups in total. The Hall–Kier alpha value is -1.51. The maximum Gasteiger partial charge on any atom is 0.150 e. The van der Waals surface area contributed by atoms with Gasteiger partial charge in [0.1, 0.15) is 11.5 Å². The van der Waals surface area contributed by atoms with Gasteiger partial charge in [0.15, 0.2) is 0 Å². The Balaban J connectivity index is 2.32. The fraction of sp³-hybridized carbons (Fsp3) is 0. The van der Waals surface area contributed by atoms with Gasteiger partial charge in [-0.3, -0.25) is 0 Å². The van der Waals surface area contributed by atoms with E-state index in [1.54, 1.807) is 30.3 Å². The van der Waals surface area contributed by atoms with Gasteiger partial charge in [0.2, 0.25) is 0 Å². The minimum Gasteiger partial charge on any atom is -0.454 e. The fourth-order valence-corrected chi connectivity index (χ4v) is 2.22. The lowest BCUT2D eigenvalue weighted by atomic mass is 10.2. The predicted octanol–water partition coefficient (Wildman–Crippen LogP) is 4.46. The highest BCUT2D eigenvalue weighted by atomic mass is 79.9. The van der Waals surface area contributed by atoms with E-state index in [-0.39, 0.29) is 0 Å². The van der Waals surface area contributed by atoms with Crippen LogP contribution >= 0.6 is 31.9 Å². The molecule has 0 saturated carbocycles. The van der Waals surface area contributed by atoms with E-state index < -0.39 is 0 Å². The lowest BCUT2D eigenvalue weighted by Gasteiger charge is -2.10. The van der Waals surface area contributed by atoms with Crippen LogP contribution in [0.4, 0.5) is 5.69 Å². The van der Waals surface area contributed by atoms with Crippen molar-refractivity contribution in [2.24, 2.45) is 0 Å². The number of anilines is 1. The average molecular weight is 368 g/mol. The molecular weight excluding hydrogens is 360 g/mol. The summed E-state index contributed by atoms with van der Waals surface area (Å²) in [4.78, 5) is 0. The number of nitriles is 1. The minimum atomic E-state index is 0.542. The number of nitrogens with zero attached hydrogens (tertiary/aromatic N) is 1. The molecule has 0 fully saturated rings. The highest BCUT2D eigenvalue weighted by Crippen LogP contribution is 2.34. The summed E-state index contributed by atoms with van der Waals surface area (Å²) in [5, 5.41) is 8.78. The van der Waals surface area contributed by atoms with Crippen LogP contribution in [-0.4, -0.2) is 0 Å². The quantitative estimate of drug-likeness (QED) is 0.797. The van der Waals surface area contributed by atoms with Crippen molar-refractivity contribution >= 4 is 37.5 Å². The Morgan fingerprint density at radius 2 is 1.78 bits per heavy atom. The smallest absolute Gasteiger partial charge is 0.150 e. The van der Waals surface area contributed by atoms with Gasteiger partial charge in [-0.1, -0.05) is 15.9 Å². The van der Waals surface area contributed by atoms with Gasteiger partial charge in [-0.25, -0.2) is 0 Å².